The summed E-state index contributed by atoms with van der Waals surface area (Å²) in [7, 11) is 0. The number of carbonyl (C=O) groups excluding carboxylic acids is 1. The van der Waals surface area contributed by atoms with Gasteiger partial charge in [0, 0.05) is 38.6 Å². The zero-order valence-corrected chi connectivity index (χ0v) is 17.5. The normalized spacial score (nSPS) is 15.8. The summed E-state index contributed by atoms with van der Waals surface area (Å²) in [5.41, 5.74) is 2.13. The van der Waals surface area contributed by atoms with Crippen molar-refractivity contribution in [3.63, 3.8) is 0 Å². The van der Waals surface area contributed by atoms with Gasteiger partial charge in [0.05, 0.1) is 12.2 Å². The molecule has 0 radical (unpaired) electrons. The van der Waals surface area contributed by atoms with Crippen LogP contribution in [0.1, 0.15) is 26.1 Å². The number of anilines is 1. The molecular formula is C20H26N8O2. The molecule has 1 fully saturated rings. The summed E-state index contributed by atoms with van der Waals surface area (Å²) in [6.45, 7) is 8.96. The van der Waals surface area contributed by atoms with Gasteiger partial charge in [0.15, 0.2) is 17.0 Å². The Morgan fingerprint density at radius 2 is 2.00 bits per heavy atom. The van der Waals surface area contributed by atoms with Crippen molar-refractivity contribution in [2.45, 2.75) is 39.8 Å². The molecule has 0 aliphatic carbocycles. The maximum atomic E-state index is 12.9. The van der Waals surface area contributed by atoms with Crippen LogP contribution in [0.2, 0.25) is 0 Å². The molecule has 4 rings (SSSR count). The monoisotopic (exact) mass is 410 g/mol. The first-order chi connectivity index (χ1) is 14.6. The van der Waals surface area contributed by atoms with E-state index in [2.05, 4.69) is 25.3 Å². The van der Waals surface area contributed by atoms with Crippen LogP contribution >= 0.6 is 0 Å². The summed E-state index contributed by atoms with van der Waals surface area (Å²) in [6.07, 6.45) is 5.84. The SMILES string of the molecule is CCn1c(-c2cnc(C)nc2)nc2c(N[C@@H](C)C(=O)N3CCCOCC3)ncnc21. The maximum absolute atomic E-state index is 12.9. The molecule has 158 valence electrons. The van der Waals surface area contributed by atoms with E-state index in [1.165, 1.54) is 6.33 Å². The number of fused-ring (bicyclic) bond motifs is 1. The molecule has 30 heavy (non-hydrogen) atoms. The van der Waals surface area contributed by atoms with Crippen LogP contribution in [0.5, 0.6) is 0 Å². The predicted octanol–water partition coefficient (Wildman–Crippen LogP) is 1.66. The molecule has 0 saturated carbocycles. The fraction of sp³-hybridized carbons (Fsp3) is 0.500. The highest BCUT2D eigenvalue weighted by Gasteiger charge is 2.24. The van der Waals surface area contributed by atoms with E-state index in [0.717, 1.165) is 17.8 Å². The molecule has 1 N–H and O–H groups in total. The van der Waals surface area contributed by atoms with Crippen molar-refractivity contribution in [1.29, 1.82) is 0 Å². The molecule has 0 unspecified atom stereocenters. The van der Waals surface area contributed by atoms with E-state index in [4.69, 9.17) is 9.72 Å². The third-order valence-electron chi connectivity index (χ3n) is 5.14. The molecule has 1 saturated heterocycles. The molecule has 4 heterocycles. The van der Waals surface area contributed by atoms with Crippen LogP contribution in [0.15, 0.2) is 18.7 Å². The Morgan fingerprint density at radius 3 is 2.77 bits per heavy atom. The molecular weight excluding hydrogens is 384 g/mol. The van der Waals surface area contributed by atoms with Crippen LogP contribution < -0.4 is 5.32 Å². The summed E-state index contributed by atoms with van der Waals surface area (Å²) in [5.74, 6) is 1.98. The molecule has 0 spiro atoms. The largest absolute Gasteiger partial charge is 0.380 e. The van der Waals surface area contributed by atoms with E-state index >= 15 is 0 Å². The van der Waals surface area contributed by atoms with Gasteiger partial charge in [-0.25, -0.2) is 24.9 Å². The summed E-state index contributed by atoms with van der Waals surface area (Å²) in [6, 6.07) is -0.445. The quantitative estimate of drug-likeness (QED) is 0.676. The minimum absolute atomic E-state index is 0.0225. The van der Waals surface area contributed by atoms with Crippen molar-refractivity contribution in [1.82, 2.24) is 34.4 Å². The Hall–Kier alpha value is -3.14. The van der Waals surface area contributed by atoms with E-state index in [1.54, 1.807) is 12.4 Å². The lowest BCUT2D eigenvalue weighted by Gasteiger charge is -2.24. The second-order valence-corrected chi connectivity index (χ2v) is 7.25. The van der Waals surface area contributed by atoms with E-state index in [-0.39, 0.29) is 5.91 Å². The third-order valence-corrected chi connectivity index (χ3v) is 5.14. The lowest BCUT2D eigenvalue weighted by Crippen LogP contribution is -2.42. The third kappa shape index (κ3) is 3.95. The Kier molecular flexibility index (Phi) is 5.84. The summed E-state index contributed by atoms with van der Waals surface area (Å²) in [5, 5.41) is 3.24. The van der Waals surface area contributed by atoms with Gasteiger partial charge >= 0.3 is 0 Å². The molecule has 1 aliphatic heterocycles. The Labute approximate surface area is 174 Å². The smallest absolute Gasteiger partial charge is 0.244 e. The Balaban J connectivity index is 1.64. The maximum Gasteiger partial charge on any atom is 0.244 e. The predicted molar refractivity (Wildman–Crippen MR) is 112 cm³/mol. The summed E-state index contributed by atoms with van der Waals surface area (Å²) < 4.78 is 7.45. The van der Waals surface area contributed by atoms with Gasteiger partial charge in [0.1, 0.15) is 24.0 Å². The zero-order chi connectivity index (χ0) is 21.1. The average Bonchev–Trinajstić information content (AvgIpc) is 2.93. The van der Waals surface area contributed by atoms with Crippen LogP contribution in [-0.2, 0) is 16.1 Å². The number of nitrogens with zero attached hydrogens (tertiary/aromatic N) is 7. The van der Waals surface area contributed by atoms with Crippen molar-refractivity contribution in [2.75, 3.05) is 31.6 Å². The number of aromatic nitrogens is 6. The average molecular weight is 410 g/mol. The van der Waals surface area contributed by atoms with Crippen molar-refractivity contribution in [3.05, 3.63) is 24.5 Å². The van der Waals surface area contributed by atoms with Gasteiger partial charge in [0.25, 0.3) is 0 Å². The van der Waals surface area contributed by atoms with Crippen LogP contribution in [0.4, 0.5) is 5.82 Å². The molecule has 10 nitrogen and oxygen atoms in total. The number of imidazole rings is 1. The van der Waals surface area contributed by atoms with E-state index < -0.39 is 6.04 Å². The first-order valence-electron chi connectivity index (χ1n) is 10.2. The molecule has 0 aromatic carbocycles. The van der Waals surface area contributed by atoms with Crippen molar-refractivity contribution in [3.8, 4) is 11.4 Å². The highest BCUT2D eigenvalue weighted by Crippen LogP contribution is 2.26. The summed E-state index contributed by atoms with van der Waals surface area (Å²) >= 11 is 0. The van der Waals surface area contributed by atoms with Crippen molar-refractivity contribution >= 4 is 22.9 Å². The highest BCUT2D eigenvalue weighted by atomic mass is 16.5. The number of hydrogen-bond acceptors (Lipinski definition) is 8. The second kappa shape index (κ2) is 8.70. The van der Waals surface area contributed by atoms with Crippen LogP contribution in [-0.4, -0.2) is 72.6 Å². The fourth-order valence-corrected chi connectivity index (χ4v) is 3.58. The number of amides is 1. The van der Waals surface area contributed by atoms with Gasteiger partial charge in [-0.05, 0) is 27.2 Å². The number of carbonyl (C=O) groups is 1. The minimum atomic E-state index is -0.445. The molecule has 0 bridgehead atoms. The number of aryl methyl sites for hydroxylation is 2. The fourth-order valence-electron chi connectivity index (χ4n) is 3.58. The van der Waals surface area contributed by atoms with Crippen molar-refractivity contribution in [2.24, 2.45) is 0 Å². The van der Waals surface area contributed by atoms with Crippen LogP contribution in [0.3, 0.4) is 0 Å². The lowest BCUT2D eigenvalue weighted by atomic mass is 10.2. The summed E-state index contributed by atoms with van der Waals surface area (Å²) in [4.78, 5) is 36.9. The van der Waals surface area contributed by atoms with E-state index in [9.17, 15) is 4.79 Å². The van der Waals surface area contributed by atoms with Crippen LogP contribution in [0, 0.1) is 6.92 Å². The number of hydrogen-bond donors (Lipinski definition) is 1. The van der Waals surface area contributed by atoms with Gasteiger partial charge < -0.3 is 19.5 Å². The molecule has 1 atom stereocenters. The number of rotatable bonds is 5. The van der Waals surface area contributed by atoms with E-state index in [0.29, 0.717) is 55.7 Å². The van der Waals surface area contributed by atoms with Gasteiger partial charge in [-0.15, -0.1) is 0 Å². The van der Waals surface area contributed by atoms with Crippen LogP contribution in [0.25, 0.3) is 22.6 Å². The number of nitrogens with one attached hydrogen (secondary N) is 1. The molecule has 3 aromatic rings. The first-order valence-corrected chi connectivity index (χ1v) is 10.2. The number of ether oxygens (including phenoxy) is 1. The van der Waals surface area contributed by atoms with Gasteiger partial charge in [-0.1, -0.05) is 0 Å². The topological polar surface area (TPSA) is 111 Å². The highest BCUT2D eigenvalue weighted by molar-refractivity contribution is 5.90. The van der Waals surface area contributed by atoms with Gasteiger partial charge in [-0.2, -0.15) is 0 Å². The lowest BCUT2D eigenvalue weighted by molar-refractivity contribution is -0.131. The Bertz CT molecular complexity index is 1030. The zero-order valence-electron chi connectivity index (χ0n) is 17.5. The molecule has 1 amide bonds. The standard InChI is InChI=1S/C20H26N8O2/c1-4-28-18(15-10-21-14(3)22-11-15)26-16-17(23-12-24-19(16)28)25-13(2)20(29)27-6-5-8-30-9-7-27/h10-13H,4-9H2,1-3H3,(H,23,24,25)/t13-/m0/s1. The Morgan fingerprint density at radius 1 is 1.20 bits per heavy atom. The second-order valence-electron chi connectivity index (χ2n) is 7.25. The minimum Gasteiger partial charge on any atom is -0.380 e. The van der Waals surface area contributed by atoms with E-state index in [1.807, 2.05) is 30.2 Å². The molecule has 3 aromatic heterocycles. The molecule has 1 aliphatic rings. The van der Waals surface area contributed by atoms with Gasteiger partial charge in [-0.3, -0.25) is 4.79 Å². The van der Waals surface area contributed by atoms with Gasteiger partial charge in [0.2, 0.25) is 5.91 Å². The molecule has 10 heteroatoms. The first kappa shape index (κ1) is 20.1. The van der Waals surface area contributed by atoms with Crippen molar-refractivity contribution < 1.29 is 9.53 Å².